The SMILES string of the molecule is C=CC(=O)OCCCc1ccc(-c2ccc3c(c2)C(C)(C)c2cc(-c4ccc(C=C)cc4)cc(-c4ccc(CCCOC(=O)C=C)cc4)c2-3)cc1. The number of hydrogen-bond acceptors (Lipinski definition) is 4. The number of carbonyl (C=O) groups is 2. The van der Waals surface area contributed by atoms with E-state index in [1.807, 2.05) is 6.08 Å². The molecule has 0 atom stereocenters. The molecular formula is C47H44O4. The van der Waals surface area contributed by atoms with Crippen molar-refractivity contribution in [3.05, 3.63) is 163 Å². The molecule has 0 aromatic heterocycles. The van der Waals surface area contributed by atoms with Crippen LogP contribution in [-0.2, 0) is 37.3 Å². The Kier molecular flexibility index (Phi) is 10.6. The standard InChI is InChI=1S/C47H44O4/c1-6-32-13-19-36(20-14-32)39-29-41(37-23-17-34(18-24-37)12-10-28-51-45(49)8-3)46-40-26-25-38(30-42(40)47(4,5)43(46)31-39)35-21-15-33(16-22-35)11-9-27-50-44(48)7-2/h6-8,13-26,29-31H,1-3,9-12,27-28H2,4-5H3. The van der Waals surface area contributed by atoms with Gasteiger partial charge < -0.3 is 9.47 Å². The van der Waals surface area contributed by atoms with Gasteiger partial charge in [0.25, 0.3) is 0 Å². The first-order valence-corrected chi connectivity index (χ1v) is 17.5. The van der Waals surface area contributed by atoms with Gasteiger partial charge in [0.15, 0.2) is 0 Å². The van der Waals surface area contributed by atoms with Crippen LogP contribution in [0.2, 0.25) is 0 Å². The van der Waals surface area contributed by atoms with Gasteiger partial charge in [0.2, 0.25) is 0 Å². The van der Waals surface area contributed by atoms with Crippen molar-refractivity contribution in [2.45, 2.75) is 44.9 Å². The van der Waals surface area contributed by atoms with Gasteiger partial charge in [0.1, 0.15) is 0 Å². The van der Waals surface area contributed by atoms with Gasteiger partial charge in [-0.2, -0.15) is 0 Å². The highest BCUT2D eigenvalue weighted by molar-refractivity contribution is 5.96. The van der Waals surface area contributed by atoms with E-state index in [4.69, 9.17) is 9.47 Å². The summed E-state index contributed by atoms with van der Waals surface area (Å²) in [6.45, 7) is 16.3. The first kappa shape index (κ1) is 35.1. The summed E-state index contributed by atoms with van der Waals surface area (Å²) >= 11 is 0. The molecule has 0 radical (unpaired) electrons. The van der Waals surface area contributed by atoms with E-state index >= 15 is 0 Å². The van der Waals surface area contributed by atoms with Gasteiger partial charge in [-0.05, 0) is 116 Å². The molecule has 0 unspecified atom stereocenters. The van der Waals surface area contributed by atoms with Crippen LogP contribution in [-0.4, -0.2) is 25.2 Å². The summed E-state index contributed by atoms with van der Waals surface area (Å²) < 4.78 is 10.3. The minimum atomic E-state index is -0.385. The molecule has 0 N–H and O–H groups in total. The summed E-state index contributed by atoms with van der Waals surface area (Å²) in [6.07, 6.45) is 7.45. The molecule has 5 aromatic rings. The zero-order valence-electron chi connectivity index (χ0n) is 29.5. The summed E-state index contributed by atoms with van der Waals surface area (Å²) in [7, 11) is 0. The van der Waals surface area contributed by atoms with Gasteiger partial charge in [0.05, 0.1) is 13.2 Å². The van der Waals surface area contributed by atoms with Crippen LogP contribution in [0, 0.1) is 0 Å². The van der Waals surface area contributed by atoms with Gasteiger partial charge in [-0.3, -0.25) is 0 Å². The predicted molar refractivity (Wildman–Crippen MR) is 209 cm³/mol. The van der Waals surface area contributed by atoms with Gasteiger partial charge in [-0.1, -0.05) is 125 Å². The number of aryl methyl sites for hydroxylation is 2. The average molecular weight is 673 g/mol. The molecule has 0 saturated carbocycles. The fourth-order valence-corrected chi connectivity index (χ4v) is 6.97. The van der Waals surface area contributed by atoms with E-state index in [0.717, 1.165) is 31.2 Å². The van der Waals surface area contributed by atoms with Crippen molar-refractivity contribution in [3.8, 4) is 44.5 Å². The molecule has 0 heterocycles. The van der Waals surface area contributed by atoms with Crippen LogP contribution >= 0.6 is 0 Å². The highest BCUT2D eigenvalue weighted by atomic mass is 16.5. The van der Waals surface area contributed by atoms with Crippen molar-refractivity contribution in [2.75, 3.05) is 13.2 Å². The Morgan fingerprint density at radius 1 is 0.569 bits per heavy atom. The summed E-state index contributed by atoms with van der Waals surface area (Å²) in [5, 5.41) is 0. The van der Waals surface area contributed by atoms with Crippen LogP contribution in [0.25, 0.3) is 50.6 Å². The van der Waals surface area contributed by atoms with E-state index in [-0.39, 0.29) is 17.4 Å². The molecule has 0 aliphatic heterocycles. The van der Waals surface area contributed by atoms with Crippen LogP contribution < -0.4 is 0 Å². The Balaban J connectivity index is 1.33. The molecule has 256 valence electrons. The van der Waals surface area contributed by atoms with Crippen LogP contribution in [0.4, 0.5) is 0 Å². The molecular weight excluding hydrogens is 629 g/mol. The Morgan fingerprint density at radius 3 is 1.61 bits per heavy atom. The maximum atomic E-state index is 11.4. The number of ether oxygens (including phenoxy) is 2. The third-order valence-corrected chi connectivity index (χ3v) is 9.85. The summed E-state index contributed by atoms with van der Waals surface area (Å²) in [4.78, 5) is 22.8. The first-order chi connectivity index (χ1) is 24.7. The molecule has 51 heavy (non-hydrogen) atoms. The Labute approximate surface area is 301 Å². The molecule has 6 rings (SSSR count). The number of esters is 2. The number of hydrogen-bond donors (Lipinski definition) is 0. The van der Waals surface area contributed by atoms with Gasteiger partial charge >= 0.3 is 11.9 Å². The molecule has 1 aliphatic carbocycles. The normalized spacial score (nSPS) is 12.4. The largest absolute Gasteiger partial charge is 0.463 e. The molecule has 1 aliphatic rings. The molecule has 0 spiro atoms. The van der Waals surface area contributed by atoms with Crippen LogP contribution in [0.15, 0.2) is 135 Å². The second-order valence-corrected chi connectivity index (χ2v) is 13.5. The smallest absolute Gasteiger partial charge is 0.330 e. The zero-order valence-corrected chi connectivity index (χ0v) is 29.5. The first-order valence-electron chi connectivity index (χ1n) is 17.5. The quantitative estimate of drug-likeness (QED) is 0.0669. The van der Waals surface area contributed by atoms with Crippen LogP contribution in [0.1, 0.15) is 54.5 Å². The Morgan fingerprint density at radius 2 is 1.06 bits per heavy atom. The molecule has 0 saturated heterocycles. The van der Waals surface area contributed by atoms with E-state index in [2.05, 4.69) is 137 Å². The molecule has 0 amide bonds. The van der Waals surface area contributed by atoms with Crippen molar-refractivity contribution >= 4 is 18.0 Å². The van der Waals surface area contributed by atoms with Crippen molar-refractivity contribution in [2.24, 2.45) is 0 Å². The minimum absolute atomic E-state index is 0.224. The monoisotopic (exact) mass is 672 g/mol. The van der Waals surface area contributed by atoms with E-state index in [1.165, 1.54) is 78.9 Å². The van der Waals surface area contributed by atoms with Crippen molar-refractivity contribution in [1.82, 2.24) is 0 Å². The van der Waals surface area contributed by atoms with Gasteiger partial charge in [-0.25, -0.2) is 9.59 Å². The van der Waals surface area contributed by atoms with Gasteiger partial charge in [0, 0.05) is 17.6 Å². The fraction of sp³-hybridized carbons (Fsp3) is 0.191. The predicted octanol–water partition coefficient (Wildman–Crippen LogP) is 11.0. The lowest BCUT2D eigenvalue weighted by Crippen LogP contribution is -2.15. The maximum absolute atomic E-state index is 11.4. The number of fused-ring (bicyclic) bond motifs is 3. The Bertz CT molecular complexity index is 2080. The minimum Gasteiger partial charge on any atom is -0.463 e. The maximum Gasteiger partial charge on any atom is 0.330 e. The highest BCUT2D eigenvalue weighted by Crippen LogP contribution is 2.54. The van der Waals surface area contributed by atoms with E-state index < -0.39 is 0 Å². The van der Waals surface area contributed by atoms with Crippen LogP contribution in [0.3, 0.4) is 0 Å². The highest BCUT2D eigenvalue weighted by Gasteiger charge is 2.38. The van der Waals surface area contributed by atoms with E-state index in [9.17, 15) is 9.59 Å². The lowest BCUT2D eigenvalue weighted by molar-refractivity contribution is -0.138. The average Bonchev–Trinajstić information content (AvgIpc) is 3.40. The second kappa shape index (κ2) is 15.4. The molecule has 0 bridgehead atoms. The molecule has 5 aromatic carbocycles. The van der Waals surface area contributed by atoms with Crippen molar-refractivity contribution in [3.63, 3.8) is 0 Å². The van der Waals surface area contributed by atoms with Crippen molar-refractivity contribution in [1.29, 1.82) is 0 Å². The number of benzene rings is 5. The molecule has 4 nitrogen and oxygen atoms in total. The van der Waals surface area contributed by atoms with Gasteiger partial charge in [-0.15, -0.1) is 0 Å². The molecule has 0 fully saturated rings. The summed E-state index contributed by atoms with van der Waals surface area (Å²) in [5.41, 5.74) is 15.5. The van der Waals surface area contributed by atoms with Crippen LogP contribution in [0.5, 0.6) is 0 Å². The molecule has 4 heteroatoms. The zero-order chi connectivity index (χ0) is 36.0. The van der Waals surface area contributed by atoms with Crippen molar-refractivity contribution < 1.29 is 19.1 Å². The number of carbonyl (C=O) groups excluding carboxylic acids is 2. The second-order valence-electron chi connectivity index (χ2n) is 13.5. The third-order valence-electron chi connectivity index (χ3n) is 9.85. The number of rotatable bonds is 14. The lowest BCUT2D eigenvalue weighted by atomic mass is 9.80. The Hall–Kier alpha value is -5.74. The van der Waals surface area contributed by atoms with E-state index in [0.29, 0.717) is 13.2 Å². The summed E-state index contributed by atoms with van der Waals surface area (Å²) in [5.74, 6) is -0.767. The van der Waals surface area contributed by atoms with E-state index in [1.54, 1.807) is 0 Å². The topological polar surface area (TPSA) is 52.6 Å². The third kappa shape index (κ3) is 7.71. The fourth-order valence-electron chi connectivity index (χ4n) is 6.97. The lowest BCUT2D eigenvalue weighted by Gasteiger charge is -2.23. The summed E-state index contributed by atoms with van der Waals surface area (Å²) in [6, 6.07) is 37.7.